The van der Waals surface area contributed by atoms with Gasteiger partial charge in [0, 0.05) is 16.2 Å². The third kappa shape index (κ3) is 2.42. The summed E-state index contributed by atoms with van der Waals surface area (Å²) in [5.41, 5.74) is 2.12. The van der Waals surface area contributed by atoms with Gasteiger partial charge in [-0.1, -0.05) is 28.1 Å². The lowest BCUT2D eigenvalue weighted by Gasteiger charge is -2.09. The number of aromatic nitrogens is 1. The molecule has 1 aromatic carbocycles. The Bertz CT molecular complexity index is 511. The maximum Gasteiger partial charge on any atom is 0.222 e. The monoisotopic (exact) mass is 277 g/mol. The highest BCUT2D eigenvalue weighted by Crippen LogP contribution is 2.28. The molecular weight excluding hydrogens is 266 g/mol. The number of ether oxygens (including phenoxy) is 1. The standard InChI is InChI=1S/C13H12BrNO/c1-9-5-6-11(14)8-12(9)16-13-10(2)4-3-7-15-13/h3-8H,1-2H3. The van der Waals surface area contributed by atoms with Gasteiger partial charge in [0.1, 0.15) is 5.75 Å². The Morgan fingerprint density at radius 1 is 1.12 bits per heavy atom. The highest BCUT2D eigenvalue weighted by atomic mass is 79.9. The minimum atomic E-state index is 0.656. The zero-order valence-corrected chi connectivity index (χ0v) is 10.8. The van der Waals surface area contributed by atoms with Crippen molar-refractivity contribution in [1.29, 1.82) is 0 Å². The van der Waals surface area contributed by atoms with Crippen LogP contribution in [0.5, 0.6) is 11.6 Å². The van der Waals surface area contributed by atoms with E-state index in [-0.39, 0.29) is 0 Å². The number of pyridine rings is 1. The Kier molecular flexibility index (Phi) is 3.25. The second-order valence-corrected chi connectivity index (χ2v) is 4.55. The summed E-state index contributed by atoms with van der Waals surface area (Å²) in [4.78, 5) is 4.21. The molecule has 0 atom stereocenters. The van der Waals surface area contributed by atoms with E-state index in [9.17, 15) is 0 Å². The molecule has 1 heterocycles. The molecule has 82 valence electrons. The van der Waals surface area contributed by atoms with Crippen molar-refractivity contribution in [2.45, 2.75) is 13.8 Å². The molecule has 0 saturated heterocycles. The number of halogens is 1. The number of aryl methyl sites for hydroxylation is 2. The van der Waals surface area contributed by atoms with Gasteiger partial charge < -0.3 is 4.74 Å². The van der Waals surface area contributed by atoms with Crippen molar-refractivity contribution in [2.75, 3.05) is 0 Å². The van der Waals surface area contributed by atoms with Gasteiger partial charge in [0.05, 0.1) is 0 Å². The average Bonchev–Trinajstić information content (AvgIpc) is 2.27. The summed E-state index contributed by atoms with van der Waals surface area (Å²) in [5, 5.41) is 0. The lowest BCUT2D eigenvalue weighted by molar-refractivity contribution is 0.455. The molecule has 0 spiro atoms. The van der Waals surface area contributed by atoms with E-state index in [4.69, 9.17) is 4.74 Å². The van der Waals surface area contributed by atoms with Crippen LogP contribution in [-0.4, -0.2) is 4.98 Å². The molecule has 3 heteroatoms. The van der Waals surface area contributed by atoms with Crippen molar-refractivity contribution in [3.63, 3.8) is 0 Å². The largest absolute Gasteiger partial charge is 0.438 e. The molecule has 16 heavy (non-hydrogen) atoms. The van der Waals surface area contributed by atoms with E-state index in [0.717, 1.165) is 21.3 Å². The van der Waals surface area contributed by atoms with Gasteiger partial charge in [-0.2, -0.15) is 0 Å². The normalized spacial score (nSPS) is 10.2. The van der Waals surface area contributed by atoms with Crippen molar-refractivity contribution >= 4 is 15.9 Å². The summed E-state index contributed by atoms with van der Waals surface area (Å²) in [6.07, 6.45) is 1.73. The van der Waals surface area contributed by atoms with E-state index in [1.54, 1.807) is 6.20 Å². The van der Waals surface area contributed by atoms with Crippen molar-refractivity contribution in [3.8, 4) is 11.6 Å². The summed E-state index contributed by atoms with van der Waals surface area (Å²) in [6.45, 7) is 4.00. The van der Waals surface area contributed by atoms with E-state index >= 15 is 0 Å². The summed E-state index contributed by atoms with van der Waals surface area (Å²) >= 11 is 3.43. The Hall–Kier alpha value is -1.35. The van der Waals surface area contributed by atoms with E-state index in [1.165, 1.54) is 0 Å². The Balaban J connectivity index is 2.34. The van der Waals surface area contributed by atoms with E-state index in [2.05, 4.69) is 20.9 Å². The summed E-state index contributed by atoms with van der Waals surface area (Å²) in [7, 11) is 0. The Labute approximate surface area is 103 Å². The first-order valence-corrected chi connectivity index (χ1v) is 5.82. The van der Waals surface area contributed by atoms with Crippen LogP contribution in [-0.2, 0) is 0 Å². The second-order valence-electron chi connectivity index (χ2n) is 3.64. The van der Waals surface area contributed by atoms with Gasteiger partial charge in [0.15, 0.2) is 0 Å². The maximum atomic E-state index is 5.78. The predicted octanol–water partition coefficient (Wildman–Crippen LogP) is 4.25. The van der Waals surface area contributed by atoms with E-state index in [0.29, 0.717) is 5.88 Å². The van der Waals surface area contributed by atoms with Crippen molar-refractivity contribution in [3.05, 3.63) is 52.1 Å². The van der Waals surface area contributed by atoms with Gasteiger partial charge in [-0.15, -0.1) is 0 Å². The van der Waals surface area contributed by atoms with Crippen LogP contribution in [0.25, 0.3) is 0 Å². The first-order chi connectivity index (χ1) is 7.66. The predicted molar refractivity (Wildman–Crippen MR) is 67.9 cm³/mol. The summed E-state index contributed by atoms with van der Waals surface area (Å²) < 4.78 is 6.78. The number of rotatable bonds is 2. The van der Waals surface area contributed by atoms with E-state index < -0.39 is 0 Å². The third-order valence-corrected chi connectivity index (χ3v) is 2.81. The number of hydrogen-bond acceptors (Lipinski definition) is 2. The maximum absolute atomic E-state index is 5.78. The lowest BCUT2D eigenvalue weighted by Crippen LogP contribution is -1.92. The van der Waals surface area contributed by atoms with Gasteiger partial charge in [-0.3, -0.25) is 0 Å². The molecule has 0 amide bonds. The van der Waals surface area contributed by atoms with Crippen molar-refractivity contribution in [2.24, 2.45) is 0 Å². The topological polar surface area (TPSA) is 22.1 Å². The van der Waals surface area contributed by atoms with Gasteiger partial charge in [-0.25, -0.2) is 4.98 Å². The molecule has 0 aliphatic rings. The SMILES string of the molecule is Cc1ccc(Br)cc1Oc1ncccc1C. The summed E-state index contributed by atoms with van der Waals surface area (Å²) in [5.74, 6) is 1.49. The number of nitrogens with zero attached hydrogens (tertiary/aromatic N) is 1. The lowest BCUT2D eigenvalue weighted by atomic mass is 10.2. The highest BCUT2D eigenvalue weighted by Gasteiger charge is 2.05. The fourth-order valence-corrected chi connectivity index (χ4v) is 1.71. The molecule has 0 bridgehead atoms. The van der Waals surface area contributed by atoms with Crippen LogP contribution >= 0.6 is 15.9 Å². The average molecular weight is 278 g/mol. The Morgan fingerprint density at radius 2 is 1.94 bits per heavy atom. The zero-order valence-electron chi connectivity index (χ0n) is 9.20. The zero-order chi connectivity index (χ0) is 11.5. The van der Waals surface area contributed by atoms with Crippen LogP contribution < -0.4 is 4.74 Å². The molecule has 2 aromatic rings. The van der Waals surface area contributed by atoms with E-state index in [1.807, 2.05) is 44.2 Å². The van der Waals surface area contributed by atoms with Gasteiger partial charge in [-0.05, 0) is 37.6 Å². The van der Waals surface area contributed by atoms with Gasteiger partial charge in [0.25, 0.3) is 0 Å². The molecule has 0 aliphatic heterocycles. The Morgan fingerprint density at radius 3 is 2.69 bits per heavy atom. The fourth-order valence-electron chi connectivity index (χ4n) is 1.37. The molecule has 1 aromatic heterocycles. The molecule has 0 unspecified atom stereocenters. The van der Waals surface area contributed by atoms with Crippen LogP contribution in [0.15, 0.2) is 41.0 Å². The molecule has 0 aliphatic carbocycles. The van der Waals surface area contributed by atoms with Crippen LogP contribution in [0, 0.1) is 13.8 Å². The van der Waals surface area contributed by atoms with Crippen LogP contribution in [0.1, 0.15) is 11.1 Å². The highest BCUT2D eigenvalue weighted by molar-refractivity contribution is 9.10. The van der Waals surface area contributed by atoms with Crippen molar-refractivity contribution < 1.29 is 4.74 Å². The van der Waals surface area contributed by atoms with Gasteiger partial charge in [0.2, 0.25) is 5.88 Å². The minimum Gasteiger partial charge on any atom is -0.438 e. The number of benzene rings is 1. The minimum absolute atomic E-state index is 0.656. The van der Waals surface area contributed by atoms with Gasteiger partial charge >= 0.3 is 0 Å². The molecule has 0 fully saturated rings. The molecule has 0 saturated carbocycles. The molecule has 2 rings (SSSR count). The quantitative estimate of drug-likeness (QED) is 0.819. The first-order valence-electron chi connectivity index (χ1n) is 5.02. The third-order valence-electron chi connectivity index (χ3n) is 2.32. The summed E-state index contributed by atoms with van der Waals surface area (Å²) in [6, 6.07) is 9.83. The van der Waals surface area contributed by atoms with Crippen LogP contribution in [0.3, 0.4) is 0 Å². The van der Waals surface area contributed by atoms with Crippen molar-refractivity contribution in [1.82, 2.24) is 4.98 Å². The smallest absolute Gasteiger partial charge is 0.222 e. The number of hydrogen-bond donors (Lipinski definition) is 0. The molecule has 0 radical (unpaired) electrons. The molecule has 2 nitrogen and oxygen atoms in total. The first kappa shape index (κ1) is 11.1. The fraction of sp³-hybridized carbons (Fsp3) is 0.154. The molecular formula is C13H12BrNO. The van der Waals surface area contributed by atoms with Crippen LogP contribution in [0.2, 0.25) is 0 Å². The second kappa shape index (κ2) is 4.66. The van der Waals surface area contributed by atoms with Crippen LogP contribution in [0.4, 0.5) is 0 Å². The molecule has 0 N–H and O–H groups in total.